The van der Waals surface area contributed by atoms with Crippen LogP contribution in [0, 0.1) is 17.3 Å². The van der Waals surface area contributed by atoms with Gasteiger partial charge in [0, 0.05) is 0 Å². The summed E-state index contributed by atoms with van der Waals surface area (Å²) in [6.45, 7) is 2.71. The van der Waals surface area contributed by atoms with Crippen molar-refractivity contribution in [3.05, 3.63) is 0 Å². The fourth-order valence-electron chi connectivity index (χ4n) is 3.95. The van der Waals surface area contributed by atoms with E-state index in [0.29, 0.717) is 0 Å². The minimum Gasteiger partial charge on any atom is -0.306 e. The first-order valence-electron chi connectivity index (χ1n) is 5.99. The lowest BCUT2D eigenvalue weighted by Gasteiger charge is -2.29. The highest BCUT2D eigenvalue weighted by molar-refractivity contribution is 5.07. The standard InChI is InChI=1S/C12H21N/c1-13-7-2-4-12(6-8-13)5-3-10-9-11(10)12/h10-11H,2-9H2,1H3. The van der Waals surface area contributed by atoms with Crippen LogP contribution in [0.15, 0.2) is 0 Å². The average Bonchev–Trinajstić information content (AvgIpc) is 2.84. The molecule has 1 spiro atoms. The fourth-order valence-corrected chi connectivity index (χ4v) is 3.95. The second kappa shape index (κ2) is 2.73. The van der Waals surface area contributed by atoms with Crippen molar-refractivity contribution >= 4 is 0 Å². The van der Waals surface area contributed by atoms with Gasteiger partial charge >= 0.3 is 0 Å². The summed E-state index contributed by atoms with van der Waals surface area (Å²) in [5, 5.41) is 0. The first kappa shape index (κ1) is 8.28. The molecule has 1 heteroatoms. The minimum atomic E-state index is 0.829. The molecular formula is C12H21N. The van der Waals surface area contributed by atoms with Gasteiger partial charge in [-0.25, -0.2) is 0 Å². The smallest absolute Gasteiger partial charge is 0.00164 e. The molecule has 0 bridgehead atoms. The molecule has 3 rings (SSSR count). The van der Waals surface area contributed by atoms with E-state index in [2.05, 4.69) is 11.9 Å². The summed E-state index contributed by atoms with van der Waals surface area (Å²) in [6.07, 6.45) is 9.22. The van der Waals surface area contributed by atoms with E-state index in [4.69, 9.17) is 0 Å². The van der Waals surface area contributed by atoms with E-state index < -0.39 is 0 Å². The van der Waals surface area contributed by atoms with Crippen LogP contribution in [0.2, 0.25) is 0 Å². The molecule has 1 aliphatic heterocycles. The van der Waals surface area contributed by atoms with Crippen molar-refractivity contribution in [2.24, 2.45) is 17.3 Å². The summed E-state index contributed by atoms with van der Waals surface area (Å²) in [5.74, 6) is 2.34. The number of rotatable bonds is 0. The molecule has 1 heterocycles. The minimum absolute atomic E-state index is 0.829. The van der Waals surface area contributed by atoms with Gasteiger partial charge in [0.25, 0.3) is 0 Å². The summed E-state index contributed by atoms with van der Waals surface area (Å²) in [5.41, 5.74) is 0.829. The highest BCUT2D eigenvalue weighted by Crippen LogP contribution is 2.65. The van der Waals surface area contributed by atoms with E-state index in [1.807, 2.05) is 0 Å². The Labute approximate surface area is 81.5 Å². The van der Waals surface area contributed by atoms with Crippen molar-refractivity contribution in [2.75, 3.05) is 20.1 Å². The summed E-state index contributed by atoms with van der Waals surface area (Å²) >= 11 is 0. The lowest BCUT2D eigenvalue weighted by molar-refractivity contribution is 0.210. The van der Waals surface area contributed by atoms with Gasteiger partial charge in [0.1, 0.15) is 0 Å². The number of likely N-dealkylation sites (tertiary alicyclic amines) is 1. The largest absolute Gasteiger partial charge is 0.306 e. The van der Waals surface area contributed by atoms with Crippen LogP contribution in [0.1, 0.15) is 38.5 Å². The van der Waals surface area contributed by atoms with E-state index in [9.17, 15) is 0 Å². The molecule has 74 valence electrons. The predicted octanol–water partition coefficient (Wildman–Crippen LogP) is 2.52. The van der Waals surface area contributed by atoms with Crippen LogP contribution in [0.25, 0.3) is 0 Å². The molecule has 3 fully saturated rings. The molecule has 3 atom stereocenters. The van der Waals surface area contributed by atoms with Crippen LogP contribution < -0.4 is 0 Å². The molecule has 0 aromatic rings. The maximum atomic E-state index is 2.53. The number of hydrogen-bond donors (Lipinski definition) is 0. The van der Waals surface area contributed by atoms with E-state index in [0.717, 1.165) is 5.41 Å². The number of fused-ring (bicyclic) bond motifs is 2. The van der Waals surface area contributed by atoms with E-state index >= 15 is 0 Å². The lowest BCUT2D eigenvalue weighted by atomic mass is 9.76. The van der Waals surface area contributed by atoms with Crippen LogP contribution >= 0.6 is 0 Å². The second-order valence-electron chi connectivity index (χ2n) is 5.66. The highest BCUT2D eigenvalue weighted by Gasteiger charge is 2.56. The average molecular weight is 179 g/mol. The molecule has 0 aromatic carbocycles. The Morgan fingerprint density at radius 2 is 2.08 bits per heavy atom. The molecule has 1 saturated heterocycles. The third kappa shape index (κ3) is 1.24. The fraction of sp³-hybridized carbons (Fsp3) is 1.00. The summed E-state index contributed by atoms with van der Waals surface area (Å²) in [4.78, 5) is 2.53. The van der Waals surface area contributed by atoms with Crippen LogP contribution in [0.3, 0.4) is 0 Å². The van der Waals surface area contributed by atoms with Gasteiger partial charge in [-0.1, -0.05) is 0 Å². The number of hydrogen-bond acceptors (Lipinski definition) is 1. The SMILES string of the molecule is CN1CCCC2(CCC3CC32)CC1. The van der Waals surface area contributed by atoms with E-state index in [1.54, 1.807) is 25.7 Å². The Bertz CT molecular complexity index is 213. The van der Waals surface area contributed by atoms with E-state index in [1.165, 1.54) is 37.8 Å². The van der Waals surface area contributed by atoms with Crippen molar-refractivity contribution in [3.63, 3.8) is 0 Å². The van der Waals surface area contributed by atoms with Gasteiger partial charge in [0.2, 0.25) is 0 Å². The molecular weight excluding hydrogens is 158 g/mol. The Hall–Kier alpha value is -0.0400. The zero-order chi connectivity index (χ0) is 8.89. The zero-order valence-electron chi connectivity index (χ0n) is 8.76. The highest BCUT2D eigenvalue weighted by atomic mass is 15.1. The molecule has 0 N–H and O–H groups in total. The van der Waals surface area contributed by atoms with Crippen molar-refractivity contribution in [1.82, 2.24) is 4.90 Å². The molecule has 2 aliphatic carbocycles. The van der Waals surface area contributed by atoms with Crippen LogP contribution in [-0.4, -0.2) is 25.0 Å². The Kier molecular flexibility index (Phi) is 1.74. The quantitative estimate of drug-likeness (QED) is 0.552. The molecule has 0 amide bonds. The first-order valence-corrected chi connectivity index (χ1v) is 5.99. The predicted molar refractivity (Wildman–Crippen MR) is 54.6 cm³/mol. The maximum absolute atomic E-state index is 2.53. The Morgan fingerprint density at radius 1 is 1.15 bits per heavy atom. The first-order chi connectivity index (χ1) is 6.30. The molecule has 3 aliphatic rings. The molecule has 13 heavy (non-hydrogen) atoms. The number of nitrogens with zero attached hydrogens (tertiary/aromatic N) is 1. The monoisotopic (exact) mass is 179 g/mol. The van der Waals surface area contributed by atoms with Gasteiger partial charge in [-0.05, 0) is 75.9 Å². The molecule has 1 nitrogen and oxygen atoms in total. The summed E-state index contributed by atoms with van der Waals surface area (Å²) in [6, 6.07) is 0. The van der Waals surface area contributed by atoms with Gasteiger partial charge in [-0.2, -0.15) is 0 Å². The van der Waals surface area contributed by atoms with Gasteiger partial charge in [-0.15, -0.1) is 0 Å². The Morgan fingerprint density at radius 3 is 2.77 bits per heavy atom. The third-order valence-electron chi connectivity index (χ3n) is 4.93. The van der Waals surface area contributed by atoms with Gasteiger partial charge in [0.15, 0.2) is 0 Å². The van der Waals surface area contributed by atoms with Crippen molar-refractivity contribution in [1.29, 1.82) is 0 Å². The normalized spacial score (nSPS) is 50.5. The topological polar surface area (TPSA) is 3.24 Å². The Balaban J connectivity index is 1.75. The molecule has 2 saturated carbocycles. The zero-order valence-corrected chi connectivity index (χ0v) is 8.76. The third-order valence-corrected chi connectivity index (χ3v) is 4.93. The van der Waals surface area contributed by atoms with E-state index in [-0.39, 0.29) is 0 Å². The second-order valence-corrected chi connectivity index (χ2v) is 5.66. The summed E-state index contributed by atoms with van der Waals surface area (Å²) < 4.78 is 0. The van der Waals surface area contributed by atoms with Crippen molar-refractivity contribution in [2.45, 2.75) is 38.5 Å². The van der Waals surface area contributed by atoms with Crippen LogP contribution in [-0.2, 0) is 0 Å². The van der Waals surface area contributed by atoms with Crippen LogP contribution in [0.5, 0.6) is 0 Å². The van der Waals surface area contributed by atoms with Gasteiger partial charge in [0.05, 0.1) is 0 Å². The maximum Gasteiger partial charge on any atom is -0.00164 e. The van der Waals surface area contributed by atoms with Gasteiger partial charge in [-0.3, -0.25) is 0 Å². The molecule has 0 aromatic heterocycles. The van der Waals surface area contributed by atoms with Crippen molar-refractivity contribution in [3.8, 4) is 0 Å². The van der Waals surface area contributed by atoms with Crippen LogP contribution in [0.4, 0.5) is 0 Å². The molecule has 3 unspecified atom stereocenters. The van der Waals surface area contributed by atoms with Crippen molar-refractivity contribution < 1.29 is 0 Å². The lowest BCUT2D eigenvalue weighted by Crippen LogP contribution is -2.24. The molecule has 0 radical (unpaired) electrons. The van der Waals surface area contributed by atoms with Gasteiger partial charge < -0.3 is 4.90 Å². The summed E-state index contributed by atoms with van der Waals surface area (Å²) in [7, 11) is 2.29.